The molecule has 0 aliphatic carbocycles. The third-order valence-electron chi connectivity index (χ3n) is 5.18. The highest BCUT2D eigenvalue weighted by atomic mass is 32.2. The van der Waals surface area contributed by atoms with E-state index in [0.717, 1.165) is 23.3 Å². The summed E-state index contributed by atoms with van der Waals surface area (Å²) in [4.78, 5) is 6.30. The number of para-hydroxylation sites is 2. The summed E-state index contributed by atoms with van der Waals surface area (Å²) in [7, 11) is 0. The van der Waals surface area contributed by atoms with Gasteiger partial charge >= 0.3 is 0 Å². The minimum Gasteiger partial charge on any atom is -0.311 e. The van der Waals surface area contributed by atoms with Gasteiger partial charge in [-0.05, 0) is 29.8 Å². The number of rotatable bonds is 6. The summed E-state index contributed by atoms with van der Waals surface area (Å²) in [6.07, 6.45) is 0.917. The van der Waals surface area contributed by atoms with Crippen molar-refractivity contribution < 1.29 is 0 Å². The second-order valence-corrected chi connectivity index (χ2v) is 8.49. The molecule has 146 valence electrons. The van der Waals surface area contributed by atoms with Gasteiger partial charge in [-0.2, -0.15) is 0 Å². The van der Waals surface area contributed by atoms with Gasteiger partial charge in [0.1, 0.15) is 5.82 Å². The van der Waals surface area contributed by atoms with Crippen LogP contribution in [0.1, 0.15) is 10.9 Å². The van der Waals surface area contributed by atoms with Crippen LogP contribution < -0.4 is 0 Å². The van der Waals surface area contributed by atoms with E-state index in [4.69, 9.17) is 4.98 Å². The number of fused-ring (bicyclic) bond motifs is 1. The summed E-state index contributed by atoms with van der Waals surface area (Å²) >= 11 is 1.89. The normalized spacial score (nSPS) is 12.1. The van der Waals surface area contributed by atoms with Crippen LogP contribution >= 0.6 is 11.8 Å². The zero-order chi connectivity index (χ0) is 20.2. The predicted molar refractivity (Wildman–Crippen MR) is 127 cm³/mol. The molecule has 1 unspecified atom stereocenters. The average Bonchev–Trinajstić information content (AvgIpc) is 3.20. The number of hydrogen-bond donors (Lipinski definition) is 0. The summed E-state index contributed by atoms with van der Waals surface area (Å²) in [5, 5.41) is 0.178. The zero-order valence-electron chi connectivity index (χ0n) is 16.6. The van der Waals surface area contributed by atoms with Crippen LogP contribution in [0.3, 0.4) is 0 Å². The van der Waals surface area contributed by atoms with Gasteiger partial charge in [0.2, 0.25) is 0 Å². The second kappa shape index (κ2) is 8.60. The summed E-state index contributed by atoms with van der Waals surface area (Å²) in [5.41, 5.74) is 4.66. The highest BCUT2D eigenvalue weighted by Crippen LogP contribution is 2.39. The molecular formula is C27H22N2S. The molecule has 4 aromatic carbocycles. The maximum atomic E-state index is 5.04. The molecule has 0 amide bonds. The van der Waals surface area contributed by atoms with Crippen LogP contribution in [0.4, 0.5) is 0 Å². The molecule has 0 fully saturated rings. The Bertz CT molecular complexity index is 1190. The first-order chi connectivity index (χ1) is 14.9. The second-order valence-electron chi connectivity index (χ2n) is 7.24. The van der Waals surface area contributed by atoms with Gasteiger partial charge in [0.15, 0.2) is 0 Å². The van der Waals surface area contributed by atoms with Crippen molar-refractivity contribution in [3.8, 4) is 11.4 Å². The van der Waals surface area contributed by atoms with Crippen LogP contribution in [0.15, 0.2) is 120 Å². The molecule has 1 aromatic heterocycles. The summed E-state index contributed by atoms with van der Waals surface area (Å²) in [6.45, 7) is 0. The largest absolute Gasteiger partial charge is 0.311 e. The molecule has 0 saturated carbocycles. The van der Waals surface area contributed by atoms with Gasteiger partial charge in [0.05, 0.1) is 16.4 Å². The Labute approximate surface area is 181 Å². The van der Waals surface area contributed by atoms with Crippen LogP contribution in [0.5, 0.6) is 0 Å². The number of aromatic nitrogens is 2. The molecule has 0 spiro atoms. The molecule has 2 nitrogen and oxygen atoms in total. The minimum absolute atomic E-state index is 0.178. The molecule has 1 heterocycles. The Morgan fingerprint density at radius 2 is 1.27 bits per heavy atom. The van der Waals surface area contributed by atoms with Crippen LogP contribution in [0, 0.1) is 0 Å². The Balaban J connectivity index is 1.67. The molecule has 1 atom stereocenters. The third kappa shape index (κ3) is 3.89. The lowest BCUT2D eigenvalue weighted by molar-refractivity contribution is 0.700. The van der Waals surface area contributed by atoms with E-state index in [0.29, 0.717) is 0 Å². The number of benzene rings is 4. The minimum atomic E-state index is 0.178. The van der Waals surface area contributed by atoms with Gasteiger partial charge in [0, 0.05) is 16.9 Å². The van der Waals surface area contributed by atoms with Gasteiger partial charge in [0.25, 0.3) is 0 Å². The van der Waals surface area contributed by atoms with E-state index >= 15 is 0 Å². The Hall–Kier alpha value is -3.30. The van der Waals surface area contributed by atoms with Crippen molar-refractivity contribution >= 4 is 22.8 Å². The van der Waals surface area contributed by atoms with Crippen molar-refractivity contribution in [2.75, 3.05) is 0 Å². The van der Waals surface area contributed by atoms with E-state index in [1.54, 1.807) is 0 Å². The van der Waals surface area contributed by atoms with Crippen molar-refractivity contribution in [3.63, 3.8) is 0 Å². The SMILES string of the molecule is c1ccc(CC(Sc2ccccc2)n2c(-c3ccccc3)nc3ccccc32)cc1. The maximum absolute atomic E-state index is 5.04. The fourth-order valence-corrected chi connectivity index (χ4v) is 5.01. The molecule has 0 aliphatic rings. The molecule has 30 heavy (non-hydrogen) atoms. The molecule has 0 saturated heterocycles. The lowest BCUT2D eigenvalue weighted by Crippen LogP contribution is -2.10. The first kappa shape index (κ1) is 18.7. The van der Waals surface area contributed by atoms with Crippen molar-refractivity contribution in [1.82, 2.24) is 9.55 Å². The van der Waals surface area contributed by atoms with E-state index in [-0.39, 0.29) is 5.37 Å². The van der Waals surface area contributed by atoms with E-state index in [1.165, 1.54) is 16.0 Å². The molecule has 0 N–H and O–H groups in total. The highest BCUT2D eigenvalue weighted by Gasteiger charge is 2.21. The van der Waals surface area contributed by atoms with Gasteiger partial charge in [-0.1, -0.05) is 91.0 Å². The molecule has 5 rings (SSSR count). The molecule has 0 aliphatic heterocycles. The molecule has 0 radical (unpaired) electrons. The van der Waals surface area contributed by atoms with Crippen molar-refractivity contribution in [2.24, 2.45) is 0 Å². The van der Waals surface area contributed by atoms with Gasteiger partial charge < -0.3 is 4.57 Å². The number of nitrogens with zero attached hydrogens (tertiary/aromatic N) is 2. The quantitative estimate of drug-likeness (QED) is 0.277. The van der Waals surface area contributed by atoms with Gasteiger partial charge in [-0.25, -0.2) is 4.98 Å². The van der Waals surface area contributed by atoms with Crippen LogP contribution in [0.25, 0.3) is 22.4 Å². The average molecular weight is 407 g/mol. The van der Waals surface area contributed by atoms with Crippen molar-refractivity contribution in [1.29, 1.82) is 0 Å². The molecule has 5 aromatic rings. The van der Waals surface area contributed by atoms with Gasteiger partial charge in [-0.3, -0.25) is 0 Å². The van der Waals surface area contributed by atoms with Crippen molar-refractivity contribution in [3.05, 3.63) is 121 Å². The molecule has 3 heteroatoms. The predicted octanol–water partition coefficient (Wildman–Crippen LogP) is 7.24. The standard InChI is InChI=1S/C27H22N2S/c1-4-12-21(13-5-1)20-26(30-23-16-8-3-9-17-23)29-25-19-11-10-18-24(25)28-27(29)22-14-6-2-7-15-22/h1-19,26H,20H2. The topological polar surface area (TPSA) is 17.8 Å². The van der Waals surface area contributed by atoms with E-state index in [2.05, 4.69) is 120 Å². The number of thioether (sulfide) groups is 1. The van der Waals surface area contributed by atoms with Crippen LogP contribution in [0.2, 0.25) is 0 Å². The first-order valence-electron chi connectivity index (χ1n) is 10.2. The Morgan fingerprint density at radius 3 is 2.00 bits per heavy atom. The Kier molecular flexibility index (Phi) is 5.36. The summed E-state index contributed by atoms with van der Waals surface area (Å²) in [5.74, 6) is 1.01. The smallest absolute Gasteiger partial charge is 0.142 e. The fourth-order valence-electron chi connectivity index (χ4n) is 3.78. The highest BCUT2D eigenvalue weighted by molar-refractivity contribution is 7.99. The third-order valence-corrected chi connectivity index (χ3v) is 6.38. The lowest BCUT2D eigenvalue weighted by Gasteiger charge is -2.22. The van der Waals surface area contributed by atoms with Crippen LogP contribution in [-0.2, 0) is 6.42 Å². The van der Waals surface area contributed by atoms with Gasteiger partial charge in [-0.15, -0.1) is 11.8 Å². The van der Waals surface area contributed by atoms with E-state index < -0.39 is 0 Å². The van der Waals surface area contributed by atoms with E-state index in [9.17, 15) is 0 Å². The van der Waals surface area contributed by atoms with E-state index in [1.807, 2.05) is 11.8 Å². The lowest BCUT2D eigenvalue weighted by atomic mass is 10.1. The number of imidazole rings is 1. The molecular weight excluding hydrogens is 384 g/mol. The monoisotopic (exact) mass is 406 g/mol. The van der Waals surface area contributed by atoms with Crippen LogP contribution in [-0.4, -0.2) is 9.55 Å². The Morgan fingerprint density at radius 1 is 0.667 bits per heavy atom. The fraction of sp³-hybridized carbons (Fsp3) is 0.0741. The van der Waals surface area contributed by atoms with Crippen molar-refractivity contribution in [2.45, 2.75) is 16.7 Å². The maximum Gasteiger partial charge on any atom is 0.142 e. The molecule has 0 bridgehead atoms. The zero-order valence-corrected chi connectivity index (χ0v) is 17.4. The summed E-state index contributed by atoms with van der Waals surface area (Å²) in [6, 6.07) is 40.3. The number of hydrogen-bond acceptors (Lipinski definition) is 2. The summed E-state index contributed by atoms with van der Waals surface area (Å²) < 4.78 is 2.41. The first-order valence-corrected chi connectivity index (χ1v) is 11.0.